The normalized spacial score (nSPS) is 28.1. The van der Waals surface area contributed by atoms with Gasteiger partial charge in [-0.1, -0.05) is 97.1 Å². The number of likely N-dealkylation sites (tertiary alicyclic amines) is 1. The van der Waals surface area contributed by atoms with E-state index in [1.54, 1.807) is 12.1 Å². The Bertz CT molecular complexity index is 1480. The Balaban J connectivity index is 1.09. The van der Waals surface area contributed by atoms with Crippen molar-refractivity contribution < 1.29 is 23.9 Å². The van der Waals surface area contributed by atoms with E-state index in [2.05, 4.69) is 12.2 Å². The van der Waals surface area contributed by atoms with Crippen LogP contribution >= 0.6 is 0 Å². The Kier molecular flexibility index (Phi) is 5.99. The zero-order valence-corrected chi connectivity index (χ0v) is 21.9. The average Bonchev–Trinajstić information content (AvgIpc) is 3.78. The van der Waals surface area contributed by atoms with Gasteiger partial charge in [-0.15, -0.1) is 0 Å². The third-order valence-electron chi connectivity index (χ3n) is 9.21. The molecule has 1 heterocycles. The number of nitrogens with zero attached hydrogens (tertiary/aromatic N) is 1. The summed E-state index contributed by atoms with van der Waals surface area (Å²) < 4.78 is 5.52. The van der Waals surface area contributed by atoms with E-state index in [1.165, 1.54) is 4.90 Å². The van der Waals surface area contributed by atoms with E-state index in [0.717, 1.165) is 23.1 Å². The van der Waals surface area contributed by atoms with Crippen LogP contribution < -0.4 is 0 Å². The van der Waals surface area contributed by atoms with E-state index in [0.29, 0.717) is 17.4 Å². The number of carbonyl (C=O) groups excluding carboxylic acids is 4. The first-order valence-electron chi connectivity index (χ1n) is 14.0. The van der Waals surface area contributed by atoms with Crippen LogP contribution in [0.3, 0.4) is 0 Å². The molecule has 3 aromatic carbocycles. The number of ether oxygens (including phenoxy) is 1. The van der Waals surface area contributed by atoms with Crippen molar-refractivity contribution in [3.63, 3.8) is 0 Å². The lowest BCUT2D eigenvalue weighted by Crippen LogP contribution is -2.48. The summed E-state index contributed by atoms with van der Waals surface area (Å²) in [6.07, 6.45) is 5.44. The van der Waals surface area contributed by atoms with Gasteiger partial charge in [-0.3, -0.25) is 19.3 Å². The van der Waals surface area contributed by atoms with E-state index in [4.69, 9.17) is 4.74 Å². The Hall–Kier alpha value is -4.32. The number of amides is 2. The van der Waals surface area contributed by atoms with Crippen molar-refractivity contribution in [2.45, 2.75) is 18.9 Å². The summed E-state index contributed by atoms with van der Waals surface area (Å²) in [6, 6.07) is 25.2. The summed E-state index contributed by atoms with van der Waals surface area (Å²) in [5, 5.41) is 0. The van der Waals surface area contributed by atoms with Crippen molar-refractivity contribution >= 4 is 23.6 Å². The smallest absolute Gasteiger partial charge is 0.330 e. The van der Waals surface area contributed by atoms with Gasteiger partial charge in [-0.25, -0.2) is 4.79 Å². The lowest BCUT2D eigenvalue weighted by Gasteiger charge is -2.37. The van der Waals surface area contributed by atoms with Crippen LogP contribution in [0.4, 0.5) is 0 Å². The maximum Gasteiger partial charge on any atom is 0.330 e. The molecule has 3 aromatic rings. The number of benzene rings is 3. The lowest BCUT2D eigenvalue weighted by molar-refractivity contribution is -0.158. The molecule has 3 fully saturated rings. The van der Waals surface area contributed by atoms with Crippen molar-refractivity contribution in [1.29, 1.82) is 0 Å². The van der Waals surface area contributed by atoms with Crippen LogP contribution in [0.2, 0.25) is 0 Å². The third-order valence-corrected chi connectivity index (χ3v) is 9.21. The maximum atomic E-state index is 13.7. The number of rotatable bonds is 8. The molecule has 5 aliphatic rings. The lowest BCUT2D eigenvalue weighted by atomic mass is 9.63. The van der Waals surface area contributed by atoms with Crippen molar-refractivity contribution in [2.24, 2.45) is 35.5 Å². The zero-order chi connectivity index (χ0) is 27.4. The minimum atomic E-state index is -1.11. The molecule has 7 atom stereocenters. The van der Waals surface area contributed by atoms with Gasteiger partial charge in [0.2, 0.25) is 11.8 Å². The van der Waals surface area contributed by atoms with E-state index in [-0.39, 0.29) is 35.9 Å². The van der Waals surface area contributed by atoms with Crippen molar-refractivity contribution in [3.05, 3.63) is 108 Å². The van der Waals surface area contributed by atoms with Crippen LogP contribution in [0.15, 0.2) is 97.1 Å². The maximum absolute atomic E-state index is 13.7. The number of hydrogen-bond donors (Lipinski definition) is 0. The first-order chi connectivity index (χ1) is 19.5. The van der Waals surface area contributed by atoms with Gasteiger partial charge in [-0.2, -0.15) is 0 Å². The molecule has 0 radical (unpaired) electrons. The Morgan fingerprint density at radius 1 is 0.750 bits per heavy atom. The van der Waals surface area contributed by atoms with Gasteiger partial charge >= 0.3 is 5.97 Å². The number of allylic oxidation sites excluding steroid dienone is 2. The first-order valence-corrected chi connectivity index (χ1v) is 14.0. The highest BCUT2D eigenvalue weighted by Gasteiger charge is 2.68. The molecule has 40 heavy (non-hydrogen) atoms. The van der Waals surface area contributed by atoms with Gasteiger partial charge in [0.05, 0.1) is 11.8 Å². The van der Waals surface area contributed by atoms with Crippen molar-refractivity contribution in [1.82, 2.24) is 4.90 Å². The largest absolute Gasteiger partial charge is 0.456 e. The van der Waals surface area contributed by atoms with E-state index < -0.39 is 30.5 Å². The molecular weight excluding hydrogens is 502 g/mol. The molecule has 4 aliphatic carbocycles. The molecule has 6 nitrogen and oxygen atoms in total. The molecular formula is C34H29NO5. The average molecular weight is 532 g/mol. The number of esters is 1. The third kappa shape index (κ3) is 4.10. The number of imide groups is 1. The van der Waals surface area contributed by atoms with Gasteiger partial charge in [-0.05, 0) is 46.8 Å². The fourth-order valence-corrected chi connectivity index (χ4v) is 7.20. The molecule has 2 saturated carbocycles. The highest BCUT2D eigenvalue weighted by Crippen LogP contribution is 2.65. The molecule has 6 heteroatoms. The molecule has 0 aromatic heterocycles. The van der Waals surface area contributed by atoms with Crippen LogP contribution in [-0.2, 0) is 25.5 Å². The van der Waals surface area contributed by atoms with Crippen molar-refractivity contribution in [2.75, 3.05) is 6.61 Å². The second-order valence-corrected chi connectivity index (χ2v) is 11.4. The van der Waals surface area contributed by atoms with Crippen LogP contribution in [0, 0.1) is 35.5 Å². The van der Waals surface area contributed by atoms with Gasteiger partial charge in [0.1, 0.15) is 6.04 Å². The highest BCUT2D eigenvalue weighted by molar-refractivity contribution is 6.09. The summed E-state index contributed by atoms with van der Waals surface area (Å²) in [4.78, 5) is 55.1. The Morgan fingerprint density at radius 2 is 1.30 bits per heavy atom. The molecule has 2 bridgehead atoms. The summed E-state index contributed by atoms with van der Waals surface area (Å²) in [5.41, 5.74) is 3.25. The number of hydrogen-bond acceptors (Lipinski definition) is 5. The standard InChI is InChI=1S/C34H29NO5/c36-29(23-13-11-22(12-14-23)21-9-5-2-6-10-21)19-40-34(39)28(17-20-7-3-1-4-8-20)35-32(37)30-24-15-16-25(27-18-26(24)27)31(30)33(35)38/h1-16,24-28,30-31H,17-19H2/t24-,25+,26+,27-,28-,30-,31+/m1/s1. The molecule has 0 spiro atoms. The quantitative estimate of drug-likeness (QED) is 0.182. The number of carbonyl (C=O) groups is 4. The first kappa shape index (κ1) is 24.7. The molecule has 200 valence electrons. The second-order valence-electron chi connectivity index (χ2n) is 11.4. The molecule has 8 rings (SSSR count). The number of ketones is 1. The molecule has 1 saturated heterocycles. The zero-order valence-electron chi connectivity index (χ0n) is 21.9. The molecule has 1 aliphatic heterocycles. The topological polar surface area (TPSA) is 80.8 Å². The van der Waals surface area contributed by atoms with E-state index in [9.17, 15) is 19.2 Å². The molecule has 2 amide bonds. The SMILES string of the molecule is O=C(COC(=O)[C@@H](Cc1ccccc1)N1C(=O)[C@@H]2[C@@H]3C=C[C@@H]([C@H]4C[C@@H]34)[C@@H]2C1=O)c1ccc(-c2ccccc2)cc1. The minimum absolute atomic E-state index is 0.0651. The highest BCUT2D eigenvalue weighted by atomic mass is 16.5. The summed E-state index contributed by atoms with van der Waals surface area (Å²) in [6.45, 7) is -0.463. The van der Waals surface area contributed by atoms with Crippen molar-refractivity contribution in [3.8, 4) is 11.1 Å². The Labute approximate surface area is 232 Å². The Morgan fingerprint density at radius 3 is 1.90 bits per heavy atom. The van der Waals surface area contributed by atoms with Crippen LogP contribution in [0.1, 0.15) is 22.3 Å². The predicted molar refractivity (Wildman–Crippen MR) is 148 cm³/mol. The number of Topliss-reactive ketones (excluding diaryl/α,β-unsaturated/α-hetero) is 1. The summed E-state index contributed by atoms with van der Waals surface area (Å²) in [5.74, 6) is -1.36. The minimum Gasteiger partial charge on any atom is -0.456 e. The van der Waals surface area contributed by atoms with E-state index in [1.807, 2.05) is 72.8 Å². The van der Waals surface area contributed by atoms with Crippen LogP contribution in [0.5, 0.6) is 0 Å². The predicted octanol–water partition coefficient (Wildman–Crippen LogP) is 4.74. The molecule has 0 unspecified atom stereocenters. The molecule has 0 N–H and O–H groups in total. The van der Waals surface area contributed by atoms with E-state index >= 15 is 0 Å². The van der Waals surface area contributed by atoms with Crippen LogP contribution in [-0.4, -0.2) is 41.1 Å². The van der Waals surface area contributed by atoms with Gasteiger partial charge in [0.25, 0.3) is 0 Å². The fraction of sp³-hybridized carbons (Fsp3) is 0.294. The van der Waals surface area contributed by atoms with Gasteiger partial charge in [0.15, 0.2) is 12.4 Å². The fourth-order valence-electron chi connectivity index (χ4n) is 7.20. The second kappa shape index (κ2) is 9.70. The van der Waals surface area contributed by atoms with Crippen LogP contribution in [0.25, 0.3) is 11.1 Å². The summed E-state index contributed by atoms with van der Waals surface area (Å²) >= 11 is 0. The van der Waals surface area contributed by atoms with Gasteiger partial charge in [0, 0.05) is 12.0 Å². The monoisotopic (exact) mass is 531 g/mol. The van der Waals surface area contributed by atoms with Gasteiger partial charge < -0.3 is 4.74 Å². The summed E-state index contributed by atoms with van der Waals surface area (Å²) in [7, 11) is 0.